The van der Waals surface area contributed by atoms with Crippen LogP contribution in [0.1, 0.15) is 16.1 Å². The number of nitrogens with two attached hydrogens (primary N) is 1. The molecule has 0 saturated heterocycles. The highest BCUT2D eigenvalue weighted by atomic mass is 79.9. The molecule has 26 heavy (non-hydrogen) atoms. The van der Waals surface area contributed by atoms with Crippen LogP contribution in [-0.2, 0) is 0 Å². The molecule has 0 atom stereocenters. The van der Waals surface area contributed by atoms with Gasteiger partial charge < -0.3 is 20.2 Å². The van der Waals surface area contributed by atoms with E-state index in [-0.39, 0.29) is 10.8 Å². The molecule has 0 saturated carbocycles. The highest BCUT2D eigenvalue weighted by molar-refractivity contribution is 9.10. The molecule has 2 aromatic carbocycles. The Hall–Kier alpha value is -2.44. The minimum absolute atomic E-state index is 0.164. The maximum atomic E-state index is 12.5. The van der Waals surface area contributed by atoms with Crippen molar-refractivity contribution in [2.75, 3.05) is 18.2 Å². The van der Waals surface area contributed by atoms with Crippen LogP contribution < -0.4 is 15.8 Å². The predicted molar refractivity (Wildman–Crippen MR) is 107 cm³/mol. The topological polar surface area (TPSA) is 77.5 Å². The van der Waals surface area contributed by atoms with E-state index in [0.29, 0.717) is 22.9 Å². The van der Waals surface area contributed by atoms with Gasteiger partial charge in [0.05, 0.1) is 12.1 Å². The number of amides is 1. The average Bonchev–Trinajstić information content (AvgIpc) is 3.06. The lowest BCUT2D eigenvalue weighted by Gasteiger charge is -2.12. The SMILES string of the molecule is COc1cc(N)cc(Cl)c1NC(=O)c1ccc(-c2ccc(Br)cc2C)o1. The number of benzene rings is 2. The van der Waals surface area contributed by atoms with Gasteiger partial charge in [-0.1, -0.05) is 27.5 Å². The van der Waals surface area contributed by atoms with Gasteiger partial charge >= 0.3 is 0 Å². The molecule has 3 aromatic rings. The van der Waals surface area contributed by atoms with Gasteiger partial charge in [-0.2, -0.15) is 0 Å². The lowest BCUT2D eigenvalue weighted by Crippen LogP contribution is -2.12. The molecule has 3 N–H and O–H groups in total. The third-order valence-corrected chi connectivity index (χ3v) is 4.61. The normalized spacial score (nSPS) is 10.6. The second-order valence-corrected chi connectivity index (χ2v) is 6.98. The molecular weight excluding hydrogens is 420 g/mol. The van der Waals surface area contributed by atoms with E-state index in [1.165, 1.54) is 7.11 Å². The zero-order valence-corrected chi connectivity index (χ0v) is 16.4. The van der Waals surface area contributed by atoms with E-state index in [9.17, 15) is 4.79 Å². The maximum absolute atomic E-state index is 12.5. The average molecular weight is 436 g/mol. The number of nitrogens with one attached hydrogen (secondary N) is 1. The largest absolute Gasteiger partial charge is 0.494 e. The van der Waals surface area contributed by atoms with E-state index in [1.807, 2.05) is 25.1 Å². The lowest BCUT2D eigenvalue weighted by molar-refractivity contribution is 0.0997. The monoisotopic (exact) mass is 434 g/mol. The van der Waals surface area contributed by atoms with Gasteiger partial charge in [-0.15, -0.1) is 0 Å². The quantitative estimate of drug-likeness (QED) is 0.529. The number of nitrogen functional groups attached to an aromatic ring is 1. The second-order valence-electron chi connectivity index (χ2n) is 5.66. The van der Waals surface area contributed by atoms with Crippen molar-refractivity contribution in [1.82, 2.24) is 0 Å². The van der Waals surface area contributed by atoms with Gasteiger partial charge in [0, 0.05) is 21.8 Å². The standard InChI is InChI=1S/C19H16BrClN2O3/c1-10-7-11(20)3-4-13(10)15-5-6-16(26-15)19(24)23-18-14(21)8-12(22)9-17(18)25-2/h3-9H,22H2,1-2H3,(H,23,24). The number of halogens is 2. The van der Waals surface area contributed by atoms with Crippen LogP contribution in [0.5, 0.6) is 5.75 Å². The molecule has 0 spiro atoms. The predicted octanol–water partition coefficient (Wildman–Crippen LogP) is 5.51. The summed E-state index contributed by atoms with van der Waals surface area (Å²) >= 11 is 9.60. The van der Waals surface area contributed by atoms with E-state index in [2.05, 4.69) is 21.2 Å². The number of hydrogen-bond donors (Lipinski definition) is 2. The van der Waals surface area contributed by atoms with Crippen LogP contribution in [0.15, 0.2) is 51.4 Å². The fourth-order valence-electron chi connectivity index (χ4n) is 2.57. The molecular formula is C19H16BrClN2O3. The minimum Gasteiger partial charge on any atom is -0.494 e. The fourth-order valence-corrected chi connectivity index (χ4v) is 3.31. The van der Waals surface area contributed by atoms with E-state index in [1.54, 1.807) is 24.3 Å². The Kier molecular flexibility index (Phi) is 5.25. The lowest BCUT2D eigenvalue weighted by atomic mass is 10.1. The van der Waals surface area contributed by atoms with Gasteiger partial charge in [-0.25, -0.2) is 0 Å². The fraction of sp³-hybridized carbons (Fsp3) is 0.105. The van der Waals surface area contributed by atoms with Gasteiger partial charge in [0.25, 0.3) is 5.91 Å². The molecule has 1 aromatic heterocycles. The molecule has 0 fully saturated rings. The Morgan fingerprint density at radius 2 is 2.00 bits per heavy atom. The highest BCUT2D eigenvalue weighted by Crippen LogP contribution is 2.35. The summed E-state index contributed by atoms with van der Waals surface area (Å²) in [4.78, 5) is 12.5. The first-order valence-electron chi connectivity index (χ1n) is 7.69. The first kappa shape index (κ1) is 18.4. The van der Waals surface area contributed by atoms with Crippen LogP contribution in [0.2, 0.25) is 5.02 Å². The molecule has 0 aliphatic rings. The van der Waals surface area contributed by atoms with E-state index in [4.69, 9.17) is 26.5 Å². The Morgan fingerprint density at radius 1 is 1.23 bits per heavy atom. The smallest absolute Gasteiger partial charge is 0.291 e. The summed E-state index contributed by atoms with van der Waals surface area (Å²) in [7, 11) is 1.47. The van der Waals surface area contributed by atoms with Crippen LogP contribution in [0, 0.1) is 6.92 Å². The number of carbonyl (C=O) groups excluding carboxylic acids is 1. The minimum atomic E-state index is -0.434. The molecule has 0 radical (unpaired) electrons. The Morgan fingerprint density at radius 3 is 2.69 bits per heavy atom. The Balaban J connectivity index is 1.88. The molecule has 7 heteroatoms. The molecule has 0 bridgehead atoms. The summed E-state index contributed by atoms with van der Waals surface area (Å²) in [6, 6.07) is 12.3. The number of furan rings is 1. The second kappa shape index (κ2) is 7.43. The van der Waals surface area contributed by atoms with E-state index in [0.717, 1.165) is 15.6 Å². The van der Waals surface area contributed by atoms with Gasteiger partial charge in [0.1, 0.15) is 17.2 Å². The summed E-state index contributed by atoms with van der Waals surface area (Å²) in [5.41, 5.74) is 8.46. The van der Waals surface area contributed by atoms with E-state index < -0.39 is 5.91 Å². The van der Waals surface area contributed by atoms with Crippen LogP contribution in [0.3, 0.4) is 0 Å². The van der Waals surface area contributed by atoms with Crippen molar-refractivity contribution in [2.24, 2.45) is 0 Å². The number of aryl methyl sites for hydroxylation is 1. The van der Waals surface area contributed by atoms with E-state index >= 15 is 0 Å². The number of methoxy groups -OCH3 is 1. The zero-order chi connectivity index (χ0) is 18.8. The van der Waals surface area contributed by atoms with Gasteiger partial charge in [0.2, 0.25) is 0 Å². The molecule has 134 valence electrons. The molecule has 3 rings (SSSR count). The van der Waals surface area contributed by atoms with Crippen LogP contribution in [0.25, 0.3) is 11.3 Å². The summed E-state index contributed by atoms with van der Waals surface area (Å²) in [5, 5.41) is 2.99. The van der Waals surface area contributed by atoms with Crippen molar-refractivity contribution < 1.29 is 13.9 Å². The number of ether oxygens (including phenoxy) is 1. The van der Waals surface area contributed by atoms with Crippen molar-refractivity contribution >= 4 is 44.8 Å². The zero-order valence-electron chi connectivity index (χ0n) is 14.1. The number of rotatable bonds is 4. The Labute approximate surface area is 164 Å². The number of anilines is 2. The van der Waals surface area contributed by atoms with Crippen molar-refractivity contribution in [3.8, 4) is 17.1 Å². The summed E-state index contributed by atoms with van der Waals surface area (Å²) in [6.45, 7) is 1.97. The molecule has 0 aliphatic heterocycles. The number of carbonyl (C=O) groups is 1. The van der Waals surface area contributed by atoms with Gasteiger partial charge in [0.15, 0.2) is 5.76 Å². The molecule has 0 aliphatic carbocycles. The van der Waals surface area contributed by atoms with Gasteiger partial charge in [-0.3, -0.25) is 4.79 Å². The van der Waals surface area contributed by atoms with Crippen LogP contribution in [-0.4, -0.2) is 13.0 Å². The Bertz CT molecular complexity index is 985. The first-order chi connectivity index (χ1) is 12.4. The summed E-state index contributed by atoms with van der Waals surface area (Å²) in [5.74, 6) is 0.711. The third-order valence-electron chi connectivity index (χ3n) is 3.82. The summed E-state index contributed by atoms with van der Waals surface area (Å²) < 4.78 is 11.9. The van der Waals surface area contributed by atoms with Crippen molar-refractivity contribution in [1.29, 1.82) is 0 Å². The molecule has 5 nitrogen and oxygen atoms in total. The first-order valence-corrected chi connectivity index (χ1v) is 8.87. The van der Waals surface area contributed by atoms with Crippen LogP contribution in [0.4, 0.5) is 11.4 Å². The van der Waals surface area contributed by atoms with Gasteiger partial charge in [-0.05, 0) is 48.9 Å². The third kappa shape index (κ3) is 3.71. The van der Waals surface area contributed by atoms with Crippen molar-refractivity contribution in [3.63, 3.8) is 0 Å². The maximum Gasteiger partial charge on any atom is 0.291 e. The van der Waals surface area contributed by atoms with Crippen molar-refractivity contribution in [3.05, 3.63) is 63.3 Å². The highest BCUT2D eigenvalue weighted by Gasteiger charge is 2.18. The molecule has 1 amide bonds. The molecule has 1 heterocycles. The van der Waals surface area contributed by atoms with Crippen LogP contribution >= 0.6 is 27.5 Å². The van der Waals surface area contributed by atoms with Crippen molar-refractivity contribution in [2.45, 2.75) is 6.92 Å². The summed E-state index contributed by atoms with van der Waals surface area (Å²) in [6.07, 6.45) is 0. The number of hydrogen-bond acceptors (Lipinski definition) is 4. The molecule has 0 unspecified atom stereocenters.